The van der Waals surface area contributed by atoms with Crippen molar-refractivity contribution in [2.24, 2.45) is 16.3 Å². The number of rotatable bonds is 7. The lowest BCUT2D eigenvalue weighted by Gasteiger charge is -2.24. The van der Waals surface area contributed by atoms with Crippen LogP contribution in [0.3, 0.4) is 0 Å². The first-order valence-electron chi connectivity index (χ1n) is 5.47. The summed E-state index contributed by atoms with van der Waals surface area (Å²) in [5, 5.41) is 14.7. The third-order valence-corrected chi connectivity index (χ3v) is 3.70. The largest absolute Gasteiger partial charge is 0.409 e. The molecule has 0 aliphatic rings. The number of hydrogen-bond acceptors (Lipinski definition) is 5. The maximum atomic E-state index is 11.0. The Kier molecular flexibility index (Phi) is 5.91. The van der Waals surface area contributed by atoms with Gasteiger partial charge in [-0.2, -0.15) is 0 Å². The SMILES string of the molecule is CC(CS(C)(=O)=O)NCCC(C)(C)C(N)=NO. The van der Waals surface area contributed by atoms with Gasteiger partial charge in [-0.15, -0.1) is 0 Å². The molecule has 0 rings (SSSR count). The van der Waals surface area contributed by atoms with Crippen molar-refractivity contribution in [3.8, 4) is 0 Å². The van der Waals surface area contributed by atoms with E-state index in [1.165, 1.54) is 6.26 Å². The van der Waals surface area contributed by atoms with E-state index in [0.717, 1.165) is 0 Å². The fourth-order valence-electron chi connectivity index (χ4n) is 1.41. The maximum Gasteiger partial charge on any atom is 0.148 e. The Balaban J connectivity index is 4.08. The number of oxime groups is 1. The quantitative estimate of drug-likeness (QED) is 0.263. The second kappa shape index (κ2) is 6.20. The minimum absolute atomic E-state index is 0.104. The van der Waals surface area contributed by atoms with Crippen LogP contribution >= 0.6 is 0 Å². The lowest BCUT2D eigenvalue weighted by Crippen LogP contribution is -2.38. The molecule has 0 spiro atoms. The summed E-state index contributed by atoms with van der Waals surface area (Å²) in [6, 6.07) is -0.104. The molecule has 4 N–H and O–H groups in total. The molecule has 6 nitrogen and oxygen atoms in total. The molecule has 0 aromatic carbocycles. The Morgan fingerprint density at radius 2 is 2.06 bits per heavy atom. The molecule has 0 aliphatic carbocycles. The van der Waals surface area contributed by atoms with Crippen LogP contribution in [0.15, 0.2) is 5.16 Å². The molecule has 0 aliphatic heterocycles. The van der Waals surface area contributed by atoms with Gasteiger partial charge in [-0.25, -0.2) is 8.42 Å². The molecule has 0 heterocycles. The Bertz CT molecular complexity index is 363. The molecule has 0 aromatic rings. The predicted octanol–water partition coefficient (Wildman–Crippen LogP) is 0.172. The minimum Gasteiger partial charge on any atom is -0.409 e. The summed E-state index contributed by atoms with van der Waals surface area (Å²) in [4.78, 5) is 0. The van der Waals surface area contributed by atoms with E-state index >= 15 is 0 Å². The van der Waals surface area contributed by atoms with Crippen molar-refractivity contribution in [3.05, 3.63) is 0 Å². The second-order valence-corrected chi connectivity index (χ2v) is 7.25. The highest BCUT2D eigenvalue weighted by atomic mass is 32.2. The van der Waals surface area contributed by atoms with Gasteiger partial charge in [0, 0.05) is 17.7 Å². The highest BCUT2D eigenvalue weighted by molar-refractivity contribution is 7.90. The molecular weight excluding hydrogens is 242 g/mol. The molecule has 0 saturated carbocycles. The molecule has 0 bridgehead atoms. The summed E-state index contributed by atoms with van der Waals surface area (Å²) >= 11 is 0. The first-order chi connectivity index (χ1) is 7.58. The summed E-state index contributed by atoms with van der Waals surface area (Å²) in [5.74, 6) is 0.284. The molecule has 1 atom stereocenters. The van der Waals surface area contributed by atoms with Crippen LogP contribution in [0.2, 0.25) is 0 Å². The zero-order valence-electron chi connectivity index (χ0n) is 10.9. The monoisotopic (exact) mass is 265 g/mol. The number of amidine groups is 1. The molecular formula is C10H23N3O3S. The maximum absolute atomic E-state index is 11.0. The predicted molar refractivity (Wildman–Crippen MR) is 69.0 cm³/mol. The van der Waals surface area contributed by atoms with Gasteiger partial charge in [0.2, 0.25) is 0 Å². The van der Waals surface area contributed by atoms with Gasteiger partial charge in [-0.1, -0.05) is 19.0 Å². The van der Waals surface area contributed by atoms with E-state index in [1.807, 2.05) is 20.8 Å². The van der Waals surface area contributed by atoms with Crippen LogP contribution < -0.4 is 11.1 Å². The number of nitrogens with zero attached hydrogens (tertiary/aromatic N) is 1. The summed E-state index contributed by atoms with van der Waals surface area (Å²) < 4.78 is 22.1. The van der Waals surface area contributed by atoms with Crippen molar-refractivity contribution in [1.29, 1.82) is 0 Å². The van der Waals surface area contributed by atoms with E-state index < -0.39 is 15.3 Å². The fraction of sp³-hybridized carbons (Fsp3) is 0.900. The van der Waals surface area contributed by atoms with Crippen molar-refractivity contribution in [3.63, 3.8) is 0 Å². The molecule has 0 aromatic heterocycles. The lowest BCUT2D eigenvalue weighted by molar-refractivity contribution is 0.304. The highest BCUT2D eigenvalue weighted by Crippen LogP contribution is 2.19. The average Bonchev–Trinajstić information content (AvgIpc) is 2.13. The van der Waals surface area contributed by atoms with Gasteiger partial charge in [0.1, 0.15) is 15.7 Å². The molecule has 0 amide bonds. The minimum atomic E-state index is -2.96. The van der Waals surface area contributed by atoms with Gasteiger partial charge >= 0.3 is 0 Å². The summed E-state index contributed by atoms with van der Waals surface area (Å²) in [7, 11) is -2.96. The third kappa shape index (κ3) is 7.17. The summed E-state index contributed by atoms with van der Waals surface area (Å²) in [6.45, 7) is 6.16. The molecule has 102 valence electrons. The van der Waals surface area contributed by atoms with Gasteiger partial charge in [0.25, 0.3) is 0 Å². The molecule has 1 unspecified atom stereocenters. The van der Waals surface area contributed by atoms with Crippen LogP contribution in [0.1, 0.15) is 27.2 Å². The molecule has 7 heteroatoms. The van der Waals surface area contributed by atoms with E-state index in [4.69, 9.17) is 10.9 Å². The van der Waals surface area contributed by atoms with E-state index in [0.29, 0.717) is 13.0 Å². The van der Waals surface area contributed by atoms with Gasteiger partial charge in [0.15, 0.2) is 0 Å². The van der Waals surface area contributed by atoms with Crippen LogP contribution in [-0.4, -0.2) is 44.1 Å². The van der Waals surface area contributed by atoms with Gasteiger partial charge in [0.05, 0.1) is 5.75 Å². The Morgan fingerprint density at radius 3 is 2.47 bits per heavy atom. The molecule has 17 heavy (non-hydrogen) atoms. The van der Waals surface area contributed by atoms with Crippen molar-refractivity contribution in [1.82, 2.24) is 5.32 Å². The van der Waals surface area contributed by atoms with Crippen LogP contribution in [0.25, 0.3) is 0 Å². The first-order valence-corrected chi connectivity index (χ1v) is 7.53. The number of nitrogens with one attached hydrogen (secondary N) is 1. The molecule has 0 radical (unpaired) electrons. The Hall–Kier alpha value is -0.820. The van der Waals surface area contributed by atoms with E-state index in [-0.39, 0.29) is 17.6 Å². The number of sulfone groups is 1. The fourth-order valence-corrected chi connectivity index (χ4v) is 2.43. The van der Waals surface area contributed by atoms with Gasteiger partial charge < -0.3 is 16.3 Å². The van der Waals surface area contributed by atoms with Gasteiger partial charge in [-0.05, 0) is 19.9 Å². The van der Waals surface area contributed by atoms with E-state index in [1.54, 1.807) is 0 Å². The molecule has 0 saturated heterocycles. The average molecular weight is 265 g/mol. The lowest BCUT2D eigenvalue weighted by atomic mass is 9.88. The van der Waals surface area contributed by atoms with Crippen molar-refractivity contribution in [2.45, 2.75) is 33.2 Å². The van der Waals surface area contributed by atoms with Crippen molar-refractivity contribution in [2.75, 3.05) is 18.6 Å². The van der Waals surface area contributed by atoms with Crippen LogP contribution in [0, 0.1) is 5.41 Å². The summed E-state index contributed by atoms with van der Waals surface area (Å²) in [5.41, 5.74) is 5.14. The molecule has 0 fully saturated rings. The van der Waals surface area contributed by atoms with Crippen LogP contribution in [0.5, 0.6) is 0 Å². The summed E-state index contributed by atoms with van der Waals surface area (Å²) in [6.07, 6.45) is 1.88. The van der Waals surface area contributed by atoms with Crippen LogP contribution in [-0.2, 0) is 9.84 Å². The van der Waals surface area contributed by atoms with Crippen LogP contribution in [0.4, 0.5) is 0 Å². The van der Waals surface area contributed by atoms with E-state index in [9.17, 15) is 8.42 Å². The standard InChI is InChI=1S/C10H23N3O3S/c1-8(7-17(4,15)16)12-6-5-10(2,3)9(11)13-14/h8,12,14H,5-7H2,1-4H3,(H2,11,13). The normalized spacial score (nSPS) is 15.9. The van der Waals surface area contributed by atoms with Crippen molar-refractivity contribution >= 4 is 15.7 Å². The smallest absolute Gasteiger partial charge is 0.148 e. The van der Waals surface area contributed by atoms with Gasteiger partial charge in [-0.3, -0.25) is 0 Å². The number of hydrogen-bond donors (Lipinski definition) is 3. The Morgan fingerprint density at radius 1 is 1.53 bits per heavy atom. The van der Waals surface area contributed by atoms with E-state index in [2.05, 4.69) is 10.5 Å². The zero-order valence-corrected chi connectivity index (χ0v) is 11.7. The first kappa shape index (κ1) is 16.2. The zero-order chi connectivity index (χ0) is 13.7. The van der Waals surface area contributed by atoms with Crippen molar-refractivity contribution < 1.29 is 13.6 Å². The highest BCUT2D eigenvalue weighted by Gasteiger charge is 2.23. The topological polar surface area (TPSA) is 105 Å². The second-order valence-electron chi connectivity index (χ2n) is 5.07. The number of nitrogens with two attached hydrogens (primary N) is 1. The third-order valence-electron chi connectivity index (χ3n) is 2.60. The Labute approximate surface area is 103 Å².